The molecule has 1 saturated heterocycles. The van der Waals surface area contributed by atoms with Crippen LogP contribution in [0.15, 0.2) is 36.7 Å². The summed E-state index contributed by atoms with van der Waals surface area (Å²) in [6.07, 6.45) is 4.95. The summed E-state index contributed by atoms with van der Waals surface area (Å²) >= 11 is 0. The molecule has 0 radical (unpaired) electrons. The van der Waals surface area contributed by atoms with Crippen LogP contribution in [0.1, 0.15) is 24.0 Å². The van der Waals surface area contributed by atoms with Gasteiger partial charge >= 0.3 is 0 Å². The molecule has 1 aromatic carbocycles. The average Bonchev–Trinajstić information content (AvgIpc) is 3.13. The summed E-state index contributed by atoms with van der Waals surface area (Å²) in [6.45, 7) is 3.45. The highest BCUT2D eigenvalue weighted by atomic mass is 16.5. The Labute approximate surface area is 123 Å². The molecule has 2 aromatic rings. The van der Waals surface area contributed by atoms with Gasteiger partial charge in [-0.15, -0.1) is 0 Å². The zero-order chi connectivity index (χ0) is 14.7. The van der Waals surface area contributed by atoms with Crippen LogP contribution in [0.3, 0.4) is 0 Å². The van der Waals surface area contributed by atoms with E-state index in [-0.39, 0.29) is 12.0 Å². The second-order valence-electron chi connectivity index (χ2n) is 5.34. The molecule has 0 saturated carbocycles. The number of ether oxygens (including phenoxy) is 1. The Morgan fingerprint density at radius 1 is 1.48 bits per heavy atom. The molecular formula is C16H19N3O2. The highest BCUT2D eigenvalue weighted by Crippen LogP contribution is 2.15. The molecule has 110 valence electrons. The normalized spacial score (nSPS) is 17.9. The van der Waals surface area contributed by atoms with E-state index in [0.717, 1.165) is 12.8 Å². The second-order valence-corrected chi connectivity index (χ2v) is 5.34. The van der Waals surface area contributed by atoms with Crippen LogP contribution in [-0.4, -0.2) is 28.4 Å². The molecule has 5 nitrogen and oxygen atoms in total. The lowest BCUT2D eigenvalue weighted by Gasteiger charge is -2.08. The molecule has 2 heterocycles. The summed E-state index contributed by atoms with van der Waals surface area (Å²) in [7, 11) is 0. The second kappa shape index (κ2) is 6.10. The number of hydrogen-bond acceptors (Lipinski definition) is 3. The Hall–Kier alpha value is -2.14. The monoisotopic (exact) mass is 285 g/mol. The number of benzene rings is 1. The Kier molecular flexibility index (Phi) is 4.01. The topological polar surface area (TPSA) is 56.2 Å². The van der Waals surface area contributed by atoms with Crippen LogP contribution < -0.4 is 5.32 Å². The van der Waals surface area contributed by atoms with E-state index in [4.69, 9.17) is 4.74 Å². The number of anilines is 1. The van der Waals surface area contributed by atoms with E-state index in [9.17, 15) is 4.79 Å². The summed E-state index contributed by atoms with van der Waals surface area (Å²) in [4.78, 5) is 12.0. The Balaban J connectivity index is 1.63. The minimum atomic E-state index is -0.315. The molecular weight excluding hydrogens is 266 g/mol. The van der Waals surface area contributed by atoms with E-state index in [1.807, 2.05) is 23.0 Å². The number of carbonyl (C=O) groups excluding carboxylic acids is 1. The van der Waals surface area contributed by atoms with Crippen LogP contribution in [-0.2, 0) is 16.1 Å². The van der Waals surface area contributed by atoms with Crippen molar-refractivity contribution in [2.75, 3.05) is 11.9 Å². The third kappa shape index (κ3) is 3.31. The van der Waals surface area contributed by atoms with Gasteiger partial charge in [-0.3, -0.25) is 9.48 Å². The Morgan fingerprint density at radius 3 is 3.10 bits per heavy atom. The smallest absolute Gasteiger partial charge is 0.253 e. The molecule has 0 bridgehead atoms. The van der Waals surface area contributed by atoms with Crippen LogP contribution in [0, 0.1) is 6.92 Å². The van der Waals surface area contributed by atoms with Crippen molar-refractivity contribution in [1.29, 1.82) is 0 Å². The third-order valence-corrected chi connectivity index (χ3v) is 3.72. The molecule has 1 aliphatic rings. The maximum atomic E-state index is 12.0. The molecule has 1 amide bonds. The number of nitrogens with one attached hydrogen (secondary N) is 1. The number of hydrogen-bond donors (Lipinski definition) is 1. The number of nitrogens with zero attached hydrogens (tertiary/aromatic N) is 2. The van der Waals surface area contributed by atoms with Gasteiger partial charge in [0.25, 0.3) is 5.91 Å². The maximum absolute atomic E-state index is 12.0. The van der Waals surface area contributed by atoms with Gasteiger partial charge < -0.3 is 10.1 Å². The zero-order valence-electron chi connectivity index (χ0n) is 12.1. The van der Waals surface area contributed by atoms with Gasteiger partial charge in [0.15, 0.2) is 0 Å². The molecule has 21 heavy (non-hydrogen) atoms. The van der Waals surface area contributed by atoms with Crippen molar-refractivity contribution in [2.45, 2.75) is 32.4 Å². The van der Waals surface area contributed by atoms with Gasteiger partial charge in [-0.1, -0.05) is 24.3 Å². The van der Waals surface area contributed by atoms with E-state index in [1.165, 1.54) is 11.1 Å². The SMILES string of the molecule is Cc1ccccc1Cn1cc(NC(=O)C2CCCO2)cn1. The summed E-state index contributed by atoms with van der Waals surface area (Å²) in [5, 5.41) is 7.15. The van der Waals surface area contributed by atoms with Gasteiger partial charge in [-0.05, 0) is 30.9 Å². The van der Waals surface area contributed by atoms with Crippen molar-refractivity contribution in [3.8, 4) is 0 Å². The summed E-state index contributed by atoms with van der Waals surface area (Å²) in [5.41, 5.74) is 3.17. The van der Waals surface area contributed by atoms with Crippen LogP contribution >= 0.6 is 0 Å². The number of amides is 1. The molecule has 1 aromatic heterocycles. The standard InChI is InChI=1S/C16H19N3O2/c1-12-5-2-3-6-13(12)10-19-11-14(9-17-19)18-16(20)15-7-4-8-21-15/h2-3,5-6,9,11,15H,4,7-8,10H2,1H3,(H,18,20). The largest absolute Gasteiger partial charge is 0.368 e. The van der Waals surface area contributed by atoms with Gasteiger partial charge in [-0.2, -0.15) is 5.10 Å². The number of aromatic nitrogens is 2. The Morgan fingerprint density at radius 2 is 2.33 bits per heavy atom. The van der Waals surface area contributed by atoms with Crippen molar-refractivity contribution in [1.82, 2.24) is 9.78 Å². The summed E-state index contributed by atoms with van der Waals surface area (Å²) in [6, 6.07) is 8.21. The lowest BCUT2D eigenvalue weighted by atomic mass is 10.1. The molecule has 1 fully saturated rings. The van der Waals surface area contributed by atoms with Crippen LogP contribution in [0.4, 0.5) is 5.69 Å². The molecule has 0 spiro atoms. The highest BCUT2D eigenvalue weighted by molar-refractivity contribution is 5.94. The lowest BCUT2D eigenvalue weighted by molar-refractivity contribution is -0.124. The quantitative estimate of drug-likeness (QED) is 0.938. The first-order valence-corrected chi connectivity index (χ1v) is 7.22. The van der Waals surface area contributed by atoms with E-state index in [1.54, 1.807) is 6.20 Å². The molecule has 0 aliphatic carbocycles. The fourth-order valence-electron chi connectivity index (χ4n) is 2.48. The average molecular weight is 285 g/mol. The van der Waals surface area contributed by atoms with Gasteiger partial charge in [0.05, 0.1) is 18.4 Å². The van der Waals surface area contributed by atoms with Crippen LogP contribution in [0.25, 0.3) is 0 Å². The van der Waals surface area contributed by atoms with Crippen LogP contribution in [0.5, 0.6) is 0 Å². The number of carbonyl (C=O) groups is 1. The summed E-state index contributed by atoms with van der Waals surface area (Å²) in [5.74, 6) is -0.0806. The lowest BCUT2D eigenvalue weighted by Crippen LogP contribution is -2.26. The minimum absolute atomic E-state index is 0.0806. The minimum Gasteiger partial charge on any atom is -0.368 e. The number of rotatable bonds is 4. The molecule has 1 atom stereocenters. The maximum Gasteiger partial charge on any atom is 0.253 e. The van der Waals surface area contributed by atoms with E-state index in [0.29, 0.717) is 18.8 Å². The first-order valence-electron chi connectivity index (χ1n) is 7.22. The first-order chi connectivity index (χ1) is 10.2. The van der Waals surface area contributed by atoms with Gasteiger partial charge in [0.1, 0.15) is 6.10 Å². The van der Waals surface area contributed by atoms with E-state index < -0.39 is 0 Å². The van der Waals surface area contributed by atoms with Crippen LogP contribution in [0.2, 0.25) is 0 Å². The highest BCUT2D eigenvalue weighted by Gasteiger charge is 2.23. The van der Waals surface area contributed by atoms with Crippen molar-refractivity contribution < 1.29 is 9.53 Å². The van der Waals surface area contributed by atoms with Gasteiger partial charge in [0.2, 0.25) is 0 Å². The predicted octanol–water partition coefficient (Wildman–Crippen LogP) is 2.36. The Bertz CT molecular complexity index is 630. The van der Waals surface area contributed by atoms with Crippen molar-refractivity contribution in [3.05, 3.63) is 47.8 Å². The van der Waals surface area contributed by atoms with Gasteiger partial charge in [0, 0.05) is 12.8 Å². The third-order valence-electron chi connectivity index (χ3n) is 3.72. The molecule has 1 N–H and O–H groups in total. The van der Waals surface area contributed by atoms with Crippen molar-refractivity contribution >= 4 is 11.6 Å². The van der Waals surface area contributed by atoms with E-state index in [2.05, 4.69) is 29.5 Å². The molecule has 1 aliphatic heterocycles. The van der Waals surface area contributed by atoms with E-state index >= 15 is 0 Å². The summed E-state index contributed by atoms with van der Waals surface area (Å²) < 4.78 is 7.19. The van der Waals surface area contributed by atoms with Crippen molar-refractivity contribution in [3.63, 3.8) is 0 Å². The molecule has 5 heteroatoms. The van der Waals surface area contributed by atoms with Gasteiger partial charge in [-0.25, -0.2) is 0 Å². The first kappa shape index (κ1) is 13.8. The number of aryl methyl sites for hydroxylation is 1. The molecule has 3 rings (SSSR count). The fraction of sp³-hybridized carbons (Fsp3) is 0.375. The molecule has 1 unspecified atom stereocenters. The van der Waals surface area contributed by atoms with Crippen molar-refractivity contribution in [2.24, 2.45) is 0 Å². The zero-order valence-corrected chi connectivity index (χ0v) is 12.1. The fourth-order valence-corrected chi connectivity index (χ4v) is 2.48. The predicted molar refractivity (Wildman–Crippen MR) is 80.1 cm³/mol.